The van der Waals surface area contributed by atoms with Crippen LogP contribution in [0.3, 0.4) is 0 Å². The first kappa shape index (κ1) is 9.49. The van der Waals surface area contributed by atoms with Gasteiger partial charge in [0.1, 0.15) is 0 Å². The maximum atomic E-state index is 6.39. The summed E-state index contributed by atoms with van der Waals surface area (Å²) in [6.45, 7) is 1.88. The summed E-state index contributed by atoms with van der Waals surface area (Å²) in [6, 6.07) is 0. The van der Waals surface area contributed by atoms with Gasteiger partial charge in [-0.05, 0) is 13.0 Å². The molecule has 0 saturated heterocycles. The van der Waals surface area contributed by atoms with Crippen molar-refractivity contribution in [2.24, 2.45) is 0 Å². The van der Waals surface area contributed by atoms with Crippen LogP contribution < -0.4 is 0 Å². The highest BCUT2D eigenvalue weighted by atomic mass is 14.7. The second-order valence-electron chi connectivity index (χ2n) is 1.59. The predicted octanol–water partition coefficient (Wildman–Crippen LogP) is 1.69. The normalized spacial score (nSPS) is 8.45. The van der Waals surface area contributed by atoms with Crippen LogP contribution in [0.1, 0.15) is 6.92 Å². The molecule has 1 rings (SSSR count). The van der Waals surface area contributed by atoms with Crippen LogP contribution in [-0.4, -0.2) is 16.2 Å². The Morgan fingerprint density at radius 3 is 1.64 bits per heavy atom. The highest BCUT2D eigenvalue weighted by Gasteiger charge is 1.59. The van der Waals surface area contributed by atoms with Gasteiger partial charge in [0, 0.05) is 31.0 Å². The van der Waals surface area contributed by atoms with E-state index in [0.29, 0.717) is 0 Å². The van der Waals surface area contributed by atoms with Crippen LogP contribution in [0.2, 0.25) is 0 Å². The number of hydrogen-bond acceptors (Lipinski definition) is 3. The third kappa shape index (κ3) is 8.49. The van der Waals surface area contributed by atoms with E-state index in [-0.39, 0.29) is 0 Å². The van der Waals surface area contributed by atoms with Crippen molar-refractivity contribution in [3.63, 3.8) is 0 Å². The van der Waals surface area contributed by atoms with Crippen LogP contribution in [0.5, 0.6) is 0 Å². The molecule has 0 aliphatic rings. The minimum absolute atomic E-state index is 1.25. The SMILES string of the molecule is C/C=C\C=N.c1cnccn1. The van der Waals surface area contributed by atoms with Crippen molar-refractivity contribution in [2.75, 3.05) is 0 Å². The Morgan fingerprint density at radius 1 is 1.09 bits per heavy atom. The van der Waals surface area contributed by atoms with Crippen molar-refractivity contribution >= 4 is 6.21 Å². The van der Waals surface area contributed by atoms with Gasteiger partial charge in [-0.25, -0.2) is 0 Å². The minimum atomic E-state index is 1.25. The standard InChI is InChI=1S/C4H4N2.C4H7N/c1-2-6-4-3-5-1;1-2-3-4-5/h1-4H;2-5H,1H3/b;3-2-,5-4?. The third-order valence-corrected chi connectivity index (χ3v) is 0.766. The van der Waals surface area contributed by atoms with Gasteiger partial charge in [-0.2, -0.15) is 0 Å². The molecule has 0 radical (unpaired) electrons. The van der Waals surface area contributed by atoms with Gasteiger partial charge in [-0.3, -0.25) is 9.97 Å². The summed E-state index contributed by atoms with van der Waals surface area (Å²) in [6.07, 6.45) is 11.3. The van der Waals surface area contributed by atoms with E-state index in [9.17, 15) is 0 Å². The van der Waals surface area contributed by atoms with Crippen LogP contribution in [0.15, 0.2) is 36.9 Å². The molecule has 0 aromatic carbocycles. The van der Waals surface area contributed by atoms with Gasteiger partial charge in [-0.1, -0.05) is 6.08 Å². The zero-order valence-corrected chi connectivity index (χ0v) is 6.44. The lowest BCUT2D eigenvalue weighted by Gasteiger charge is -1.70. The van der Waals surface area contributed by atoms with E-state index in [1.807, 2.05) is 13.0 Å². The zero-order chi connectivity index (χ0) is 8.36. The van der Waals surface area contributed by atoms with Gasteiger partial charge in [0.15, 0.2) is 0 Å². The second kappa shape index (κ2) is 8.49. The Kier molecular flexibility index (Phi) is 7.32. The Bertz CT molecular complexity index is 167. The number of hydrogen-bond donors (Lipinski definition) is 1. The van der Waals surface area contributed by atoms with E-state index in [1.54, 1.807) is 30.9 Å². The predicted molar refractivity (Wildman–Crippen MR) is 45.6 cm³/mol. The quantitative estimate of drug-likeness (QED) is 0.617. The monoisotopic (exact) mass is 149 g/mol. The van der Waals surface area contributed by atoms with Crippen LogP contribution in [0.4, 0.5) is 0 Å². The zero-order valence-electron chi connectivity index (χ0n) is 6.44. The van der Waals surface area contributed by atoms with Crippen molar-refractivity contribution in [3.05, 3.63) is 36.9 Å². The molecule has 0 saturated carbocycles. The maximum absolute atomic E-state index is 6.39. The molecule has 0 aliphatic heterocycles. The number of nitrogens with zero attached hydrogens (tertiary/aromatic N) is 2. The molecule has 1 aromatic rings. The lowest BCUT2D eigenvalue weighted by Crippen LogP contribution is -1.66. The second-order valence-corrected chi connectivity index (χ2v) is 1.59. The van der Waals surface area contributed by atoms with Crippen LogP contribution in [0.25, 0.3) is 0 Å². The number of nitrogens with one attached hydrogen (secondary N) is 1. The van der Waals surface area contributed by atoms with Crippen molar-refractivity contribution < 1.29 is 0 Å². The van der Waals surface area contributed by atoms with Crippen molar-refractivity contribution in [1.29, 1.82) is 5.41 Å². The largest absolute Gasteiger partial charge is 0.309 e. The van der Waals surface area contributed by atoms with E-state index in [1.165, 1.54) is 6.21 Å². The van der Waals surface area contributed by atoms with Gasteiger partial charge in [-0.15, -0.1) is 0 Å². The van der Waals surface area contributed by atoms with Crippen LogP contribution in [-0.2, 0) is 0 Å². The smallest absolute Gasteiger partial charge is 0.0451 e. The van der Waals surface area contributed by atoms with Crippen LogP contribution in [0, 0.1) is 5.41 Å². The lowest BCUT2D eigenvalue weighted by molar-refractivity contribution is 1.20. The average molecular weight is 149 g/mol. The fourth-order valence-electron chi connectivity index (χ4n) is 0.350. The maximum Gasteiger partial charge on any atom is 0.0451 e. The highest BCUT2D eigenvalue weighted by molar-refractivity contribution is 5.67. The summed E-state index contributed by atoms with van der Waals surface area (Å²) in [7, 11) is 0. The van der Waals surface area contributed by atoms with Gasteiger partial charge in [0.25, 0.3) is 0 Å². The third-order valence-electron chi connectivity index (χ3n) is 0.766. The van der Waals surface area contributed by atoms with E-state index >= 15 is 0 Å². The number of aromatic nitrogens is 2. The van der Waals surface area contributed by atoms with E-state index in [0.717, 1.165) is 0 Å². The molecular formula is C8H11N3. The van der Waals surface area contributed by atoms with E-state index < -0.39 is 0 Å². The molecule has 0 unspecified atom stereocenters. The molecule has 1 aromatic heterocycles. The molecular weight excluding hydrogens is 138 g/mol. The molecule has 0 aliphatic carbocycles. The fourth-order valence-corrected chi connectivity index (χ4v) is 0.350. The first-order valence-corrected chi connectivity index (χ1v) is 3.23. The molecule has 0 fully saturated rings. The van der Waals surface area contributed by atoms with E-state index in [2.05, 4.69) is 9.97 Å². The van der Waals surface area contributed by atoms with Crippen molar-refractivity contribution in [2.45, 2.75) is 6.92 Å². The molecule has 1 N–H and O–H groups in total. The topological polar surface area (TPSA) is 49.6 Å². The summed E-state index contributed by atoms with van der Waals surface area (Å²) >= 11 is 0. The molecule has 11 heavy (non-hydrogen) atoms. The number of rotatable bonds is 1. The molecule has 0 amide bonds. The first-order chi connectivity index (χ1) is 5.41. The molecule has 0 spiro atoms. The van der Waals surface area contributed by atoms with Crippen molar-refractivity contribution in [3.8, 4) is 0 Å². The average Bonchev–Trinajstić information content (AvgIpc) is 2.10. The van der Waals surface area contributed by atoms with Gasteiger partial charge in [0.05, 0.1) is 0 Å². The van der Waals surface area contributed by atoms with Gasteiger partial charge >= 0.3 is 0 Å². The molecule has 58 valence electrons. The first-order valence-electron chi connectivity index (χ1n) is 3.23. The van der Waals surface area contributed by atoms with Crippen molar-refractivity contribution in [1.82, 2.24) is 9.97 Å². The molecule has 3 heteroatoms. The van der Waals surface area contributed by atoms with Gasteiger partial charge < -0.3 is 5.41 Å². The number of allylic oxidation sites excluding steroid dienone is 2. The summed E-state index contributed by atoms with van der Waals surface area (Å²) in [5, 5.41) is 6.39. The van der Waals surface area contributed by atoms with Crippen LogP contribution >= 0.6 is 0 Å². The van der Waals surface area contributed by atoms with E-state index in [4.69, 9.17) is 5.41 Å². The lowest BCUT2D eigenvalue weighted by atomic mass is 10.6. The van der Waals surface area contributed by atoms with Gasteiger partial charge in [0.2, 0.25) is 0 Å². The molecule has 0 atom stereocenters. The Morgan fingerprint density at radius 2 is 1.55 bits per heavy atom. The molecule has 0 bridgehead atoms. The Hall–Kier alpha value is -1.51. The highest BCUT2D eigenvalue weighted by Crippen LogP contribution is 1.65. The fraction of sp³-hybridized carbons (Fsp3) is 0.125. The molecule has 1 heterocycles. The Balaban J connectivity index is 0.000000187. The minimum Gasteiger partial charge on any atom is -0.309 e. The summed E-state index contributed by atoms with van der Waals surface area (Å²) < 4.78 is 0. The summed E-state index contributed by atoms with van der Waals surface area (Å²) in [4.78, 5) is 7.44. The summed E-state index contributed by atoms with van der Waals surface area (Å²) in [5.41, 5.74) is 0. The molecule has 3 nitrogen and oxygen atoms in total. The summed E-state index contributed by atoms with van der Waals surface area (Å²) in [5.74, 6) is 0. The Labute approximate surface area is 66.3 Å².